The first-order valence-corrected chi connectivity index (χ1v) is 10.2. The molecule has 7 heteroatoms. The molecule has 0 bridgehead atoms. The van der Waals surface area contributed by atoms with E-state index < -0.39 is 10.0 Å². The first kappa shape index (κ1) is 17.3. The summed E-state index contributed by atoms with van der Waals surface area (Å²) in [7, 11) is -3.56. The number of rotatable bonds is 6. The minimum Gasteiger partial charge on any atom is -0.339 e. The number of amides is 1. The molecule has 1 aromatic carbocycles. The fraction of sp³-hybridized carbons (Fsp3) is 0.533. The van der Waals surface area contributed by atoms with E-state index in [9.17, 15) is 13.2 Å². The SMILES string of the molecule is CCCNS(=O)(=O)c1ccc(SC)c(C(=O)N2CCCC2)c1. The number of carbonyl (C=O) groups is 1. The number of hydrogen-bond acceptors (Lipinski definition) is 4. The third-order valence-corrected chi connectivity index (χ3v) is 5.90. The zero-order valence-corrected chi connectivity index (χ0v) is 14.6. The largest absolute Gasteiger partial charge is 0.339 e. The quantitative estimate of drug-likeness (QED) is 0.806. The first-order chi connectivity index (χ1) is 10.5. The summed E-state index contributed by atoms with van der Waals surface area (Å²) in [5.74, 6) is -0.0746. The van der Waals surface area contributed by atoms with Gasteiger partial charge in [-0.05, 0) is 43.7 Å². The maximum absolute atomic E-state index is 12.6. The molecule has 1 N–H and O–H groups in total. The molecule has 0 unspecified atom stereocenters. The molecular weight excluding hydrogens is 320 g/mol. The van der Waals surface area contributed by atoms with Crippen LogP contribution in [0.4, 0.5) is 0 Å². The van der Waals surface area contributed by atoms with Crippen molar-refractivity contribution in [3.8, 4) is 0 Å². The highest BCUT2D eigenvalue weighted by Gasteiger charge is 2.24. The van der Waals surface area contributed by atoms with E-state index in [1.807, 2.05) is 13.2 Å². The van der Waals surface area contributed by atoms with Crippen LogP contribution in [0, 0.1) is 0 Å². The predicted octanol–water partition coefficient (Wildman–Crippen LogP) is 2.33. The number of benzene rings is 1. The van der Waals surface area contributed by atoms with Gasteiger partial charge in [0.05, 0.1) is 10.5 Å². The topological polar surface area (TPSA) is 66.5 Å². The summed E-state index contributed by atoms with van der Waals surface area (Å²) in [6.07, 6.45) is 4.63. The van der Waals surface area contributed by atoms with Gasteiger partial charge in [0, 0.05) is 24.5 Å². The summed E-state index contributed by atoms with van der Waals surface area (Å²) < 4.78 is 27.0. The van der Waals surface area contributed by atoms with E-state index in [4.69, 9.17) is 0 Å². The molecule has 0 radical (unpaired) electrons. The van der Waals surface area contributed by atoms with Crippen molar-refractivity contribution in [3.05, 3.63) is 23.8 Å². The lowest BCUT2D eigenvalue weighted by molar-refractivity contribution is 0.0789. The number of hydrogen-bond donors (Lipinski definition) is 1. The summed E-state index contributed by atoms with van der Waals surface area (Å²) in [4.78, 5) is 15.4. The fourth-order valence-corrected chi connectivity index (χ4v) is 4.16. The van der Waals surface area contributed by atoms with Gasteiger partial charge in [-0.1, -0.05) is 6.92 Å². The van der Waals surface area contributed by atoms with E-state index in [2.05, 4.69) is 4.72 Å². The molecule has 0 atom stereocenters. The Labute approximate surface area is 136 Å². The van der Waals surface area contributed by atoms with Gasteiger partial charge in [-0.3, -0.25) is 4.79 Å². The smallest absolute Gasteiger partial charge is 0.255 e. The van der Waals surface area contributed by atoms with Crippen molar-refractivity contribution >= 4 is 27.7 Å². The van der Waals surface area contributed by atoms with E-state index in [-0.39, 0.29) is 10.8 Å². The van der Waals surface area contributed by atoms with Crippen LogP contribution in [-0.4, -0.2) is 45.1 Å². The van der Waals surface area contributed by atoms with Crippen molar-refractivity contribution in [1.82, 2.24) is 9.62 Å². The third kappa shape index (κ3) is 3.83. The molecule has 0 saturated carbocycles. The summed E-state index contributed by atoms with van der Waals surface area (Å²) in [6.45, 7) is 3.79. The minimum atomic E-state index is -3.56. The lowest BCUT2D eigenvalue weighted by Crippen LogP contribution is -2.29. The van der Waals surface area contributed by atoms with Crippen molar-refractivity contribution in [1.29, 1.82) is 0 Å². The first-order valence-electron chi connectivity index (χ1n) is 7.46. The summed E-state index contributed by atoms with van der Waals surface area (Å²) in [6, 6.07) is 4.78. The van der Waals surface area contributed by atoms with E-state index in [1.165, 1.54) is 17.8 Å². The van der Waals surface area contributed by atoms with Crippen LogP contribution in [0.15, 0.2) is 28.0 Å². The molecule has 0 aliphatic carbocycles. The van der Waals surface area contributed by atoms with Crippen molar-refractivity contribution < 1.29 is 13.2 Å². The Kier molecular flexibility index (Phi) is 5.88. The molecular formula is C15H22N2O3S2. The number of sulfonamides is 1. The van der Waals surface area contributed by atoms with Gasteiger partial charge in [0.2, 0.25) is 10.0 Å². The van der Waals surface area contributed by atoms with Gasteiger partial charge in [0.1, 0.15) is 0 Å². The highest BCUT2D eigenvalue weighted by molar-refractivity contribution is 7.98. The fourth-order valence-electron chi connectivity index (χ4n) is 2.43. The van der Waals surface area contributed by atoms with Gasteiger partial charge in [-0.25, -0.2) is 13.1 Å². The summed E-state index contributed by atoms with van der Waals surface area (Å²) >= 11 is 1.46. The molecule has 122 valence electrons. The van der Waals surface area contributed by atoms with Crippen molar-refractivity contribution in [2.45, 2.75) is 36.0 Å². The summed E-state index contributed by atoms with van der Waals surface area (Å²) in [5.41, 5.74) is 0.480. The Hall–Kier alpha value is -1.05. The summed E-state index contributed by atoms with van der Waals surface area (Å²) in [5, 5.41) is 0. The van der Waals surface area contributed by atoms with Gasteiger partial charge in [0.15, 0.2) is 0 Å². The molecule has 1 fully saturated rings. The molecule has 1 aliphatic heterocycles. The number of thioether (sulfide) groups is 1. The average Bonchev–Trinajstić information content (AvgIpc) is 3.06. The van der Waals surface area contributed by atoms with Crippen LogP contribution >= 0.6 is 11.8 Å². The average molecular weight is 342 g/mol. The number of likely N-dealkylation sites (tertiary alicyclic amines) is 1. The van der Waals surface area contributed by atoms with Gasteiger partial charge in [-0.2, -0.15) is 0 Å². The minimum absolute atomic E-state index is 0.0746. The Morgan fingerprint density at radius 1 is 1.32 bits per heavy atom. The number of nitrogens with one attached hydrogen (secondary N) is 1. The second-order valence-electron chi connectivity index (χ2n) is 5.26. The highest BCUT2D eigenvalue weighted by Crippen LogP contribution is 2.26. The van der Waals surface area contributed by atoms with Crippen LogP contribution in [0.3, 0.4) is 0 Å². The Morgan fingerprint density at radius 2 is 2.00 bits per heavy atom. The van der Waals surface area contributed by atoms with Gasteiger partial charge >= 0.3 is 0 Å². The molecule has 0 aromatic heterocycles. The van der Waals surface area contributed by atoms with Gasteiger partial charge < -0.3 is 4.90 Å². The van der Waals surface area contributed by atoms with Crippen LogP contribution in [-0.2, 0) is 10.0 Å². The number of carbonyl (C=O) groups excluding carboxylic acids is 1. The highest BCUT2D eigenvalue weighted by atomic mass is 32.2. The van der Waals surface area contributed by atoms with E-state index >= 15 is 0 Å². The Morgan fingerprint density at radius 3 is 2.59 bits per heavy atom. The maximum Gasteiger partial charge on any atom is 0.255 e. The van der Waals surface area contributed by atoms with E-state index in [0.29, 0.717) is 12.1 Å². The second-order valence-corrected chi connectivity index (χ2v) is 7.87. The molecule has 0 spiro atoms. The monoisotopic (exact) mass is 342 g/mol. The van der Waals surface area contributed by atoms with E-state index in [1.54, 1.807) is 17.0 Å². The molecule has 2 rings (SSSR count). The third-order valence-electron chi connectivity index (χ3n) is 3.65. The van der Waals surface area contributed by atoms with Crippen molar-refractivity contribution in [3.63, 3.8) is 0 Å². The number of nitrogens with zero attached hydrogens (tertiary/aromatic N) is 1. The van der Waals surface area contributed by atoms with Crippen molar-refractivity contribution in [2.24, 2.45) is 0 Å². The molecule has 1 aliphatic rings. The van der Waals surface area contributed by atoms with Crippen LogP contribution in [0.2, 0.25) is 0 Å². The van der Waals surface area contributed by atoms with Gasteiger partial charge in [-0.15, -0.1) is 11.8 Å². The normalized spacial score (nSPS) is 15.3. The molecule has 1 amide bonds. The van der Waals surface area contributed by atoms with E-state index in [0.717, 1.165) is 37.2 Å². The molecule has 1 heterocycles. The van der Waals surface area contributed by atoms with Crippen molar-refractivity contribution in [2.75, 3.05) is 25.9 Å². The molecule has 5 nitrogen and oxygen atoms in total. The van der Waals surface area contributed by atoms with Crippen LogP contribution in [0.25, 0.3) is 0 Å². The maximum atomic E-state index is 12.6. The predicted molar refractivity (Wildman–Crippen MR) is 88.8 cm³/mol. The van der Waals surface area contributed by atoms with Gasteiger partial charge in [0.25, 0.3) is 5.91 Å². The zero-order chi connectivity index (χ0) is 16.2. The lowest BCUT2D eigenvalue weighted by atomic mass is 10.2. The lowest BCUT2D eigenvalue weighted by Gasteiger charge is -2.18. The van der Waals surface area contributed by atoms with Crippen LogP contribution in [0.5, 0.6) is 0 Å². The second kappa shape index (κ2) is 7.48. The molecule has 1 saturated heterocycles. The Balaban J connectivity index is 2.35. The van der Waals surface area contributed by atoms with Crippen LogP contribution in [0.1, 0.15) is 36.5 Å². The zero-order valence-electron chi connectivity index (χ0n) is 13.0. The standard InChI is InChI=1S/C15H22N2O3S2/c1-3-8-16-22(19,20)12-6-7-14(21-2)13(11-12)15(18)17-9-4-5-10-17/h6-7,11,16H,3-5,8-10H2,1-2H3. The van der Waals surface area contributed by atoms with Crippen LogP contribution < -0.4 is 4.72 Å². The Bertz CT molecular complexity index is 638. The molecule has 22 heavy (non-hydrogen) atoms. The molecule has 1 aromatic rings.